The summed E-state index contributed by atoms with van der Waals surface area (Å²) in [5, 5.41) is 6.85. The third kappa shape index (κ3) is 4.15. The molecule has 104 valence electrons. The fourth-order valence-corrected chi connectivity index (χ4v) is 2.00. The van der Waals surface area contributed by atoms with E-state index < -0.39 is 0 Å². The Morgan fingerprint density at radius 1 is 1.35 bits per heavy atom. The summed E-state index contributed by atoms with van der Waals surface area (Å²) in [6.07, 6.45) is 1.71. The molecule has 0 aliphatic heterocycles. The summed E-state index contributed by atoms with van der Waals surface area (Å²) >= 11 is 11.2. The highest BCUT2D eigenvalue weighted by atomic mass is 35.5. The van der Waals surface area contributed by atoms with E-state index in [0.29, 0.717) is 22.5 Å². The van der Waals surface area contributed by atoms with E-state index in [1.54, 1.807) is 24.4 Å². The molecule has 0 spiro atoms. The normalized spacial score (nSPS) is 10.2. The van der Waals surface area contributed by atoms with E-state index in [9.17, 15) is 4.39 Å². The predicted molar refractivity (Wildman–Crippen MR) is 83.4 cm³/mol. The van der Waals surface area contributed by atoms with Crippen LogP contribution in [0.5, 0.6) is 0 Å². The van der Waals surface area contributed by atoms with E-state index >= 15 is 0 Å². The highest BCUT2D eigenvalue weighted by Gasteiger charge is 2.04. The van der Waals surface area contributed by atoms with Crippen LogP contribution in [0.1, 0.15) is 11.1 Å². The Morgan fingerprint density at radius 2 is 2.05 bits per heavy atom. The minimum Gasteiger partial charge on any atom is -0.358 e. The van der Waals surface area contributed by atoms with Gasteiger partial charge in [0.1, 0.15) is 5.82 Å². The first-order valence-electron chi connectivity index (χ1n) is 5.96. The second-order valence-electron chi connectivity index (χ2n) is 4.28. The van der Waals surface area contributed by atoms with Gasteiger partial charge >= 0.3 is 0 Å². The molecule has 0 saturated heterocycles. The molecular weight excluding hydrogens is 297 g/mol. The van der Waals surface area contributed by atoms with Gasteiger partial charge in [-0.3, -0.25) is 0 Å². The van der Waals surface area contributed by atoms with Gasteiger partial charge in [-0.2, -0.15) is 0 Å². The molecule has 0 unspecified atom stereocenters. The summed E-state index contributed by atoms with van der Waals surface area (Å²) in [4.78, 5) is 4.16. The van der Waals surface area contributed by atoms with Gasteiger partial charge in [-0.25, -0.2) is 9.37 Å². The van der Waals surface area contributed by atoms with E-state index in [0.717, 1.165) is 11.1 Å². The van der Waals surface area contributed by atoms with Crippen molar-refractivity contribution in [3.63, 3.8) is 0 Å². The molecule has 0 fully saturated rings. The van der Waals surface area contributed by atoms with Crippen molar-refractivity contribution in [2.24, 2.45) is 0 Å². The van der Waals surface area contributed by atoms with Crippen molar-refractivity contribution in [3.8, 4) is 0 Å². The number of thiocarbonyl (C=S) groups is 1. The second-order valence-corrected chi connectivity index (χ2v) is 5.09. The molecule has 2 rings (SSSR count). The monoisotopic (exact) mass is 309 g/mol. The van der Waals surface area contributed by atoms with E-state index in [1.807, 2.05) is 6.92 Å². The Hall–Kier alpha value is -1.72. The number of pyridine rings is 1. The molecule has 2 aromatic rings. The van der Waals surface area contributed by atoms with Crippen molar-refractivity contribution in [2.75, 3.05) is 5.32 Å². The molecule has 0 saturated carbocycles. The Labute approximate surface area is 127 Å². The lowest BCUT2D eigenvalue weighted by molar-refractivity contribution is 0.627. The number of hydrogen-bond acceptors (Lipinski definition) is 2. The molecule has 0 aliphatic carbocycles. The minimum absolute atomic E-state index is 0.259. The molecule has 0 bridgehead atoms. The summed E-state index contributed by atoms with van der Waals surface area (Å²) in [7, 11) is 0. The van der Waals surface area contributed by atoms with Crippen LogP contribution < -0.4 is 10.6 Å². The quantitative estimate of drug-likeness (QED) is 0.848. The van der Waals surface area contributed by atoms with Gasteiger partial charge in [-0.05, 0) is 48.5 Å². The molecule has 6 heteroatoms. The first-order chi connectivity index (χ1) is 9.54. The van der Waals surface area contributed by atoms with Crippen molar-refractivity contribution in [1.29, 1.82) is 0 Å². The smallest absolute Gasteiger partial charge is 0.172 e. The fraction of sp³-hybridized carbons (Fsp3) is 0.143. The van der Waals surface area contributed by atoms with Crippen LogP contribution in [-0.4, -0.2) is 10.1 Å². The molecule has 1 heterocycles. The first kappa shape index (κ1) is 14.7. The van der Waals surface area contributed by atoms with Crippen LogP contribution in [0.15, 0.2) is 36.5 Å². The van der Waals surface area contributed by atoms with Crippen LogP contribution in [0, 0.1) is 12.7 Å². The molecule has 20 heavy (non-hydrogen) atoms. The van der Waals surface area contributed by atoms with Crippen molar-refractivity contribution in [2.45, 2.75) is 13.5 Å². The Balaban J connectivity index is 1.90. The van der Waals surface area contributed by atoms with E-state index in [1.165, 1.54) is 12.1 Å². The summed E-state index contributed by atoms with van der Waals surface area (Å²) in [6.45, 7) is 2.41. The molecule has 3 nitrogen and oxygen atoms in total. The van der Waals surface area contributed by atoms with Crippen LogP contribution in [-0.2, 0) is 6.54 Å². The molecule has 1 aromatic carbocycles. The number of aryl methyl sites for hydroxylation is 1. The number of aromatic nitrogens is 1. The zero-order valence-corrected chi connectivity index (χ0v) is 12.4. The highest BCUT2D eigenvalue weighted by molar-refractivity contribution is 7.80. The van der Waals surface area contributed by atoms with Crippen LogP contribution in [0.4, 0.5) is 10.2 Å². The van der Waals surface area contributed by atoms with Crippen LogP contribution in [0.25, 0.3) is 0 Å². The number of benzene rings is 1. The summed E-state index contributed by atoms with van der Waals surface area (Å²) in [5.74, 6) is 0.249. The Bertz CT molecular complexity index is 616. The van der Waals surface area contributed by atoms with Gasteiger partial charge in [-0.15, -0.1) is 0 Å². The largest absolute Gasteiger partial charge is 0.358 e. The lowest BCUT2D eigenvalue weighted by Gasteiger charge is -2.11. The fourth-order valence-electron chi connectivity index (χ4n) is 1.56. The lowest BCUT2D eigenvalue weighted by atomic mass is 10.2. The Morgan fingerprint density at radius 3 is 2.70 bits per heavy atom. The highest BCUT2D eigenvalue weighted by Crippen LogP contribution is 2.19. The maximum Gasteiger partial charge on any atom is 0.172 e. The number of anilines is 1. The molecule has 0 amide bonds. The van der Waals surface area contributed by atoms with E-state index in [-0.39, 0.29) is 5.82 Å². The number of rotatable bonds is 3. The average Bonchev–Trinajstić information content (AvgIpc) is 2.41. The van der Waals surface area contributed by atoms with Crippen molar-refractivity contribution in [3.05, 3.63) is 58.5 Å². The van der Waals surface area contributed by atoms with Gasteiger partial charge in [0.05, 0.1) is 5.02 Å². The summed E-state index contributed by atoms with van der Waals surface area (Å²) in [5.41, 5.74) is 1.91. The minimum atomic E-state index is -0.259. The molecule has 2 N–H and O–H groups in total. The van der Waals surface area contributed by atoms with Gasteiger partial charge < -0.3 is 10.6 Å². The van der Waals surface area contributed by atoms with Crippen LogP contribution in [0.2, 0.25) is 5.02 Å². The third-order valence-electron chi connectivity index (χ3n) is 2.58. The van der Waals surface area contributed by atoms with Gasteiger partial charge in [-0.1, -0.05) is 23.7 Å². The number of nitrogens with one attached hydrogen (secondary N) is 2. The van der Waals surface area contributed by atoms with Gasteiger partial charge in [0.25, 0.3) is 0 Å². The van der Waals surface area contributed by atoms with Gasteiger partial charge in [0.2, 0.25) is 0 Å². The standard InChI is InChI=1S/C14H13ClFN3S/c1-9-6-12(15)13(17-7-9)19-14(20)18-8-10-2-4-11(16)5-3-10/h2-7H,8H2,1H3,(H2,17,18,19,20). The maximum atomic E-state index is 12.8. The molecule has 0 aliphatic rings. The van der Waals surface area contributed by atoms with Crippen molar-refractivity contribution >= 4 is 34.7 Å². The topological polar surface area (TPSA) is 37.0 Å². The number of nitrogens with zero attached hydrogens (tertiary/aromatic N) is 1. The zero-order chi connectivity index (χ0) is 14.5. The van der Waals surface area contributed by atoms with Crippen LogP contribution in [0.3, 0.4) is 0 Å². The molecular formula is C14H13ClFN3S. The Kier molecular flexibility index (Phi) is 4.87. The van der Waals surface area contributed by atoms with E-state index in [4.69, 9.17) is 23.8 Å². The molecule has 0 atom stereocenters. The molecule has 1 aromatic heterocycles. The van der Waals surface area contributed by atoms with Crippen molar-refractivity contribution < 1.29 is 4.39 Å². The first-order valence-corrected chi connectivity index (χ1v) is 6.74. The predicted octanol–water partition coefficient (Wildman–Crippen LogP) is 3.67. The zero-order valence-electron chi connectivity index (χ0n) is 10.8. The van der Waals surface area contributed by atoms with E-state index in [2.05, 4.69) is 15.6 Å². The van der Waals surface area contributed by atoms with Crippen molar-refractivity contribution in [1.82, 2.24) is 10.3 Å². The van der Waals surface area contributed by atoms with Gasteiger partial charge in [0.15, 0.2) is 10.9 Å². The summed E-state index contributed by atoms with van der Waals surface area (Å²) in [6, 6.07) is 8.02. The molecule has 0 radical (unpaired) electrons. The number of halogens is 2. The summed E-state index contributed by atoms with van der Waals surface area (Å²) < 4.78 is 12.8. The third-order valence-corrected chi connectivity index (χ3v) is 3.11. The maximum absolute atomic E-state index is 12.8. The SMILES string of the molecule is Cc1cnc(NC(=S)NCc2ccc(F)cc2)c(Cl)c1. The van der Waals surface area contributed by atoms with Gasteiger partial charge in [0, 0.05) is 12.7 Å². The second kappa shape index (κ2) is 6.63. The number of hydrogen-bond donors (Lipinski definition) is 2. The lowest BCUT2D eigenvalue weighted by Crippen LogP contribution is -2.28. The average molecular weight is 310 g/mol. The van der Waals surface area contributed by atoms with Crippen LogP contribution >= 0.6 is 23.8 Å².